The van der Waals surface area contributed by atoms with Crippen LogP contribution in [0.1, 0.15) is 25.7 Å². The van der Waals surface area contributed by atoms with Crippen LogP contribution in [0.2, 0.25) is 0 Å². The van der Waals surface area contributed by atoms with Crippen LogP contribution in [0.3, 0.4) is 0 Å². The molecule has 0 aliphatic carbocycles. The van der Waals surface area contributed by atoms with Gasteiger partial charge in [-0.1, -0.05) is 18.2 Å². The number of hydrogen-bond donors (Lipinski definition) is 1. The van der Waals surface area contributed by atoms with Gasteiger partial charge >= 0.3 is 0 Å². The summed E-state index contributed by atoms with van der Waals surface area (Å²) in [6.45, 7) is 6.32. The van der Waals surface area contributed by atoms with Crippen molar-refractivity contribution in [2.45, 2.75) is 25.7 Å². The van der Waals surface area contributed by atoms with Crippen molar-refractivity contribution >= 4 is 11.6 Å². The van der Waals surface area contributed by atoms with E-state index in [1.807, 2.05) is 30.3 Å². The molecule has 1 spiro atoms. The quantitative estimate of drug-likeness (QED) is 0.899. The standard InChI is InChI=1S/C21H30N2O3/c24-20(22-18-4-2-1-3-5-18)19-15-23(14-17-6-10-25-11-7-17)16-21(19)8-12-26-13-9-21/h1-5,17,19H,6-16H2,(H,22,24)/t19-/m0/s1. The first-order valence-electron chi connectivity index (χ1n) is 9.99. The number of rotatable bonds is 4. The fourth-order valence-corrected chi connectivity index (χ4v) is 4.90. The third kappa shape index (κ3) is 3.95. The largest absolute Gasteiger partial charge is 0.381 e. The molecule has 0 aromatic heterocycles. The molecule has 4 rings (SSSR count). The predicted molar refractivity (Wildman–Crippen MR) is 101 cm³/mol. The zero-order valence-corrected chi connectivity index (χ0v) is 15.5. The normalized spacial score (nSPS) is 26.8. The first-order valence-corrected chi connectivity index (χ1v) is 9.99. The van der Waals surface area contributed by atoms with E-state index >= 15 is 0 Å². The zero-order chi connectivity index (χ0) is 17.8. The van der Waals surface area contributed by atoms with Crippen LogP contribution < -0.4 is 5.32 Å². The van der Waals surface area contributed by atoms with Crippen LogP contribution in [-0.4, -0.2) is 56.9 Å². The summed E-state index contributed by atoms with van der Waals surface area (Å²) in [6, 6.07) is 9.82. The molecule has 0 radical (unpaired) electrons. The van der Waals surface area contributed by atoms with Gasteiger partial charge in [0, 0.05) is 57.2 Å². The molecule has 0 saturated carbocycles. The minimum atomic E-state index is 0.0476. The number of ether oxygens (including phenoxy) is 2. The highest BCUT2D eigenvalue weighted by molar-refractivity contribution is 5.93. The fourth-order valence-electron chi connectivity index (χ4n) is 4.90. The van der Waals surface area contributed by atoms with Crippen molar-refractivity contribution in [3.8, 4) is 0 Å². The molecule has 1 aromatic carbocycles. The summed E-state index contributed by atoms with van der Waals surface area (Å²) >= 11 is 0. The van der Waals surface area contributed by atoms with Crippen LogP contribution in [-0.2, 0) is 14.3 Å². The Balaban J connectivity index is 1.46. The molecule has 3 aliphatic rings. The molecule has 3 fully saturated rings. The van der Waals surface area contributed by atoms with Crippen molar-refractivity contribution in [3.05, 3.63) is 30.3 Å². The lowest BCUT2D eigenvalue weighted by molar-refractivity contribution is -0.124. The van der Waals surface area contributed by atoms with Gasteiger partial charge in [-0.05, 0) is 43.7 Å². The minimum absolute atomic E-state index is 0.0476. The van der Waals surface area contributed by atoms with Gasteiger partial charge in [0.25, 0.3) is 0 Å². The molecule has 142 valence electrons. The maximum absolute atomic E-state index is 13.1. The summed E-state index contributed by atoms with van der Waals surface area (Å²) in [6.07, 6.45) is 4.27. The Bertz CT molecular complexity index is 595. The molecule has 0 bridgehead atoms. The van der Waals surface area contributed by atoms with Gasteiger partial charge in [-0.3, -0.25) is 4.79 Å². The van der Waals surface area contributed by atoms with Gasteiger partial charge in [0.05, 0.1) is 5.92 Å². The van der Waals surface area contributed by atoms with E-state index in [1.165, 1.54) is 0 Å². The third-order valence-electron chi connectivity index (χ3n) is 6.42. The molecule has 1 amide bonds. The van der Waals surface area contributed by atoms with E-state index in [-0.39, 0.29) is 17.2 Å². The lowest BCUT2D eigenvalue weighted by atomic mass is 9.71. The molecule has 1 aromatic rings. The van der Waals surface area contributed by atoms with Crippen LogP contribution in [0.5, 0.6) is 0 Å². The Kier molecular flexibility index (Phi) is 5.57. The molecule has 3 saturated heterocycles. The highest BCUT2D eigenvalue weighted by Gasteiger charge is 2.50. The number of carbonyl (C=O) groups excluding carboxylic acids is 1. The fraction of sp³-hybridized carbons (Fsp3) is 0.667. The number of nitrogens with zero attached hydrogens (tertiary/aromatic N) is 1. The van der Waals surface area contributed by atoms with Crippen LogP contribution in [0, 0.1) is 17.3 Å². The van der Waals surface area contributed by atoms with Crippen LogP contribution in [0.25, 0.3) is 0 Å². The second-order valence-corrected chi connectivity index (χ2v) is 8.13. The number of likely N-dealkylation sites (tertiary alicyclic amines) is 1. The molecule has 1 N–H and O–H groups in total. The second kappa shape index (κ2) is 8.07. The van der Waals surface area contributed by atoms with Gasteiger partial charge in [0.15, 0.2) is 0 Å². The summed E-state index contributed by atoms with van der Waals surface area (Å²) < 4.78 is 11.1. The maximum atomic E-state index is 13.1. The first kappa shape index (κ1) is 18.0. The highest BCUT2D eigenvalue weighted by Crippen LogP contribution is 2.45. The Morgan fingerprint density at radius 3 is 2.50 bits per heavy atom. The number of benzene rings is 1. The number of carbonyl (C=O) groups is 1. The van der Waals surface area contributed by atoms with Crippen LogP contribution in [0.4, 0.5) is 5.69 Å². The molecule has 1 atom stereocenters. The zero-order valence-electron chi connectivity index (χ0n) is 15.5. The van der Waals surface area contributed by atoms with E-state index in [2.05, 4.69) is 10.2 Å². The second-order valence-electron chi connectivity index (χ2n) is 8.13. The first-order chi connectivity index (χ1) is 12.8. The van der Waals surface area contributed by atoms with E-state index in [1.54, 1.807) is 0 Å². The van der Waals surface area contributed by atoms with Gasteiger partial charge in [0.2, 0.25) is 5.91 Å². The van der Waals surface area contributed by atoms with E-state index < -0.39 is 0 Å². The molecular formula is C21H30N2O3. The monoisotopic (exact) mass is 358 g/mol. The van der Waals surface area contributed by atoms with Crippen molar-refractivity contribution in [3.63, 3.8) is 0 Å². The number of amides is 1. The van der Waals surface area contributed by atoms with Gasteiger partial charge in [-0.2, -0.15) is 0 Å². The number of nitrogens with one attached hydrogen (secondary N) is 1. The van der Waals surface area contributed by atoms with Crippen LogP contribution in [0.15, 0.2) is 30.3 Å². The van der Waals surface area contributed by atoms with Gasteiger partial charge in [0.1, 0.15) is 0 Å². The summed E-state index contributed by atoms with van der Waals surface area (Å²) in [7, 11) is 0. The number of hydrogen-bond acceptors (Lipinski definition) is 4. The summed E-state index contributed by atoms with van der Waals surface area (Å²) in [5.74, 6) is 0.926. The van der Waals surface area contributed by atoms with E-state index in [0.717, 1.165) is 77.4 Å². The van der Waals surface area contributed by atoms with Gasteiger partial charge in [-0.15, -0.1) is 0 Å². The molecule has 5 heteroatoms. The predicted octanol–water partition coefficient (Wildman–Crippen LogP) is 2.78. The summed E-state index contributed by atoms with van der Waals surface area (Å²) in [5, 5.41) is 3.15. The van der Waals surface area contributed by atoms with E-state index in [0.29, 0.717) is 5.92 Å². The number of anilines is 1. The lowest BCUT2D eigenvalue weighted by Crippen LogP contribution is -2.42. The Morgan fingerprint density at radius 2 is 1.77 bits per heavy atom. The Hall–Kier alpha value is -1.43. The summed E-state index contributed by atoms with van der Waals surface area (Å²) in [5.41, 5.74) is 0.963. The smallest absolute Gasteiger partial charge is 0.229 e. The third-order valence-corrected chi connectivity index (χ3v) is 6.42. The average Bonchev–Trinajstić information content (AvgIpc) is 3.01. The lowest BCUT2D eigenvalue weighted by Gasteiger charge is -2.37. The van der Waals surface area contributed by atoms with Crippen molar-refractivity contribution in [2.75, 3.05) is 51.4 Å². The molecule has 26 heavy (non-hydrogen) atoms. The van der Waals surface area contributed by atoms with Gasteiger partial charge in [-0.25, -0.2) is 0 Å². The molecule has 0 unspecified atom stereocenters. The molecule has 5 nitrogen and oxygen atoms in total. The topological polar surface area (TPSA) is 50.8 Å². The molecule has 3 heterocycles. The van der Waals surface area contributed by atoms with Gasteiger partial charge < -0.3 is 19.7 Å². The van der Waals surface area contributed by atoms with E-state index in [9.17, 15) is 4.79 Å². The molecule has 3 aliphatic heterocycles. The van der Waals surface area contributed by atoms with Crippen LogP contribution >= 0.6 is 0 Å². The summed E-state index contributed by atoms with van der Waals surface area (Å²) in [4.78, 5) is 15.7. The van der Waals surface area contributed by atoms with E-state index in [4.69, 9.17) is 9.47 Å². The van der Waals surface area contributed by atoms with Crippen molar-refractivity contribution < 1.29 is 14.3 Å². The average molecular weight is 358 g/mol. The van der Waals surface area contributed by atoms with Crippen molar-refractivity contribution in [1.29, 1.82) is 0 Å². The van der Waals surface area contributed by atoms with Crippen molar-refractivity contribution in [1.82, 2.24) is 4.90 Å². The molecular weight excluding hydrogens is 328 g/mol. The highest BCUT2D eigenvalue weighted by atomic mass is 16.5. The number of para-hydroxylation sites is 1. The SMILES string of the molecule is O=C(Nc1ccccc1)[C@@H]1CN(CC2CCOCC2)CC12CCOCC2. The van der Waals surface area contributed by atoms with Crippen molar-refractivity contribution in [2.24, 2.45) is 17.3 Å². The Labute approximate surface area is 156 Å². The maximum Gasteiger partial charge on any atom is 0.229 e. The Morgan fingerprint density at radius 1 is 1.08 bits per heavy atom. The minimum Gasteiger partial charge on any atom is -0.381 e.